The van der Waals surface area contributed by atoms with Crippen molar-refractivity contribution in [2.75, 3.05) is 25.5 Å². The molecule has 3 aromatic rings. The lowest BCUT2D eigenvalue weighted by Crippen LogP contribution is -2.62. The molecule has 2 aromatic heterocycles. The van der Waals surface area contributed by atoms with Gasteiger partial charge in [0, 0.05) is 37.0 Å². The number of carbonyl (C=O) groups excluding carboxylic acids is 1. The second-order valence-corrected chi connectivity index (χ2v) is 8.16. The van der Waals surface area contributed by atoms with Crippen molar-refractivity contribution >= 4 is 22.6 Å². The zero-order chi connectivity index (χ0) is 18.6. The van der Waals surface area contributed by atoms with Crippen molar-refractivity contribution in [2.24, 2.45) is 18.4 Å². The number of nitrogens with zero attached hydrogens (tertiary/aromatic N) is 5. The number of imidazole rings is 1. The molecule has 0 radical (unpaired) electrons. The van der Waals surface area contributed by atoms with E-state index in [9.17, 15) is 4.79 Å². The first-order valence-corrected chi connectivity index (χ1v) is 9.25. The third-order valence-electron chi connectivity index (χ3n) is 5.89. The fraction of sp³-hybridized carbons (Fsp3) is 0.400. The maximum Gasteiger partial charge on any atom is 0.228 e. The van der Waals surface area contributed by atoms with Crippen LogP contribution in [0.4, 0.5) is 5.82 Å². The van der Waals surface area contributed by atoms with E-state index in [1.807, 2.05) is 36.0 Å². The number of aromatic nitrogens is 4. The Balaban J connectivity index is 1.33. The van der Waals surface area contributed by atoms with Crippen molar-refractivity contribution in [3.8, 4) is 11.3 Å². The number of likely N-dealkylation sites (tertiary alicyclic amines) is 1. The van der Waals surface area contributed by atoms with Crippen molar-refractivity contribution in [3.05, 3.63) is 36.8 Å². The molecule has 0 bridgehead atoms. The average Bonchev–Trinajstić information content (AvgIpc) is 3.02. The number of hydrogen-bond donors (Lipinski definition) is 1. The maximum absolute atomic E-state index is 12.5. The van der Waals surface area contributed by atoms with Gasteiger partial charge < -0.3 is 14.8 Å². The molecule has 0 atom stereocenters. The Kier molecular flexibility index (Phi) is 3.55. The van der Waals surface area contributed by atoms with Crippen LogP contribution in [0.15, 0.2) is 36.8 Å². The second kappa shape index (κ2) is 5.85. The van der Waals surface area contributed by atoms with Crippen LogP contribution in [0, 0.1) is 11.3 Å². The van der Waals surface area contributed by atoms with E-state index in [4.69, 9.17) is 0 Å². The molecule has 138 valence electrons. The molecule has 5 rings (SSSR count). The molecule has 1 spiro atoms. The zero-order valence-electron chi connectivity index (χ0n) is 15.5. The number of hydrogen-bond acceptors (Lipinski definition) is 5. The number of carbonyl (C=O) groups is 1. The topological polar surface area (TPSA) is 75.9 Å². The van der Waals surface area contributed by atoms with Crippen molar-refractivity contribution < 1.29 is 4.79 Å². The van der Waals surface area contributed by atoms with E-state index in [1.54, 1.807) is 6.33 Å². The smallest absolute Gasteiger partial charge is 0.228 e. The predicted molar refractivity (Wildman–Crippen MR) is 103 cm³/mol. The SMILES string of the molecule is CN1CC2(CC(C(=O)Nc3cc4cc(-c5cncn5C)ccc4nn3)C2)C1. The Bertz CT molecular complexity index is 1030. The maximum atomic E-state index is 12.5. The first kappa shape index (κ1) is 16.4. The van der Waals surface area contributed by atoms with Gasteiger partial charge in [0.2, 0.25) is 5.91 Å². The van der Waals surface area contributed by atoms with Crippen LogP contribution in [-0.2, 0) is 11.8 Å². The van der Waals surface area contributed by atoms with Gasteiger partial charge in [0.1, 0.15) is 0 Å². The van der Waals surface area contributed by atoms with Gasteiger partial charge in [0.25, 0.3) is 0 Å². The van der Waals surface area contributed by atoms with Gasteiger partial charge in [0.05, 0.1) is 23.7 Å². The molecule has 0 unspecified atom stereocenters. The first-order valence-electron chi connectivity index (χ1n) is 9.25. The highest BCUT2D eigenvalue weighted by molar-refractivity contribution is 5.94. The van der Waals surface area contributed by atoms with Gasteiger partial charge in [0.15, 0.2) is 5.82 Å². The number of anilines is 1. The van der Waals surface area contributed by atoms with Crippen LogP contribution < -0.4 is 5.32 Å². The molecule has 7 heteroatoms. The predicted octanol–water partition coefficient (Wildman–Crippen LogP) is 2.31. The zero-order valence-corrected chi connectivity index (χ0v) is 15.5. The van der Waals surface area contributed by atoms with Crippen LogP contribution in [-0.4, -0.2) is 50.7 Å². The van der Waals surface area contributed by atoms with E-state index >= 15 is 0 Å². The molecule has 1 aliphatic heterocycles. The summed E-state index contributed by atoms with van der Waals surface area (Å²) in [5.41, 5.74) is 3.29. The minimum absolute atomic E-state index is 0.0617. The van der Waals surface area contributed by atoms with Gasteiger partial charge in [-0.1, -0.05) is 6.07 Å². The van der Waals surface area contributed by atoms with Crippen molar-refractivity contribution in [1.29, 1.82) is 0 Å². The summed E-state index contributed by atoms with van der Waals surface area (Å²) in [4.78, 5) is 19.0. The monoisotopic (exact) mass is 362 g/mol. The highest BCUT2D eigenvalue weighted by Gasteiger charge is 2.53. The third-order valence-corrected chi connectivity index (χ3v) is 5.89. The summed E-state index contributed by atoms with van der Waals surface area (Å²) >= 11 is 0. The van der Waals surface area contributed by atoms with E-state index in [-0.39, 0.29) is 11.8 Å². The fourth-order valence-electron chi connectivity index (χ4n) is 4.66. The quantitative estimate of drug-likeness (QED) is 0.774. The normalized spacial score (nSPS) is 19.0. The third kappa shape index (κ3) is 2.78. The van der Waals surface area contributed by atoms with Crippen LogP contribution in [0.25, 0.3) is 22.2 Å². The van der Waals surface area contributed by atoms with Crippen LogP contribution in [0.2, 0.25) is 0 Å². The number of amides is 1. The highest BCUT2D eigenvalue weighted by Crippen LogP contribution is 2.51. The van der Waals surface area contributed by atoms with Gasteiger partial charge in [-0.25, -0.2) is 4.98 Å². The lowest BCUT2D eigenvalue weighted by molar-refractivity contribution is -0.137. The Hall–Kier alpha value is -2.80. The van der Waals surface area contributed by atoms with E-state index in [1.165, 1.54) is 0 Å². The highest BCUT2D eigenvalue weighted by atomic mass is 16.2. The van der Waals surface area contributed by atoms with Crippen molar-refractivity contribution in [1.82, 2.24) is 24.6 Å². The largest absolute Gasteiger partial charge is 0.334 e. The number of rotatable bonds is 3. The Morgan fingerprint density at radius 3 is 2.70 bits per heavy atom. The molecule has 27 heavy (non-hydrogen) atoms. The number of aryl methyl sites for hydroxylation is 1. The number of benzene rings is 1. The summed E-state index contributed by atoms with van der Waals surface area (Å²) in [7, 11) is 4.09. The molecule has 2 fully saturated rings. The van der Waals surface area contributed by atoms with Crippen LogP contribution >= 0.6 is 0 Å². The van der Waals surface area contributed by atoms with Gasteiger partial charge in [-0.05, 0) is 43.5 Å². The van der Waals surface area contributed by atoms with Crippen LogP contribution in [0.5, 0.6) is 0 Å². The standard InChI is InChI=1S/C20H22N6O/c1-25-10-20(11-25)7-15(8-20)19(27)22-18-6-14-5-13(3-4-16(14)23-24-18)17-9-21-12-26(17)2/h3-6,9,12,15H,7-8,10-11H2,1-2H3,(H,22,24,27). The van der Waals surface area contributed by atoms with Crippen LogP contribution in [0.3, 0.4) is 0 Å². The minimum Gasteiger partial charge on any atom is -0.334 e. The molecule has 3 heterocycles. The minimum atomic E-state index is 0.0617. The summed E-state index contributed by atoms with van der Waals surface area (Å²) in [5, 5.41) is 12.3. The lowest BCUT2D eigenvalue weighted by Gasteiger charge is -2.57. The van der Waals surface area contributed by atoms with E-state index in [2.05, 4.69) is 38.5 Å². The molecule has 1 amide bonds. The summed E-state index contributed by atoms with van der Waals surface area (Å²) < 4.78 is 1.97. The Morgan fingerprint density at radius 2 is 2.00 bits per heavy atom. The molecule has 1 saturated carbocycles. The van der Waals surface area contributed by atoms with Crippen molar-refractivity contribution in [2.45, 2.75) is 12.8 Å². The van der Waals surface area contributed by atoms with Gasteiger partial charge in [-0.3, -0.25) is 4.79 Å². The first-order chi connectivity index (χ1) is 13.0. The van der Waals surface area contributed by atoms with E-state index < -0.39 is 0 Å². The molecule has 1 aromatic carbocycles. The van der Waals surface area contributed by atoms with Crippen molar-refractivity contribution in [3.63, 3.8) is 0 Å². The number of nitrogens with one attached hydrogen (secondary N) is 1. The summed E-state index contributed by atoms with van der Waals surface area (Å²) in [6.45, 7) is 2.23. The average molecular weight is 362 g/mol. The van der Waals surface area contributed by atoms with Gasteiger partial charge >= 0.3 is 0 Å². The number of fused-ring (bicyclic) bond motifs is 1. The Morgan fingerprint density at radius 1 is 1.19 bits per heavy atom. The second-order valence-electron chi connectivity index (χ2n) is 8.16. The van der Waals surface area contributed by atoms with Crippen LogP contribution in [0.1, 0.15) is 12.8 Å². The summed E-state index contributed by atoms with van der Waals surface area (Å²) in [6.07, 6.45) is 5.58. The molecule has 1 aliphatic carbocycles. The van der Waals surface area contributed by atoms with Gasteiger partial charge in [-0.15, -0.1) is 10.2 Å². The summed E-state index contributed by atoms with van der Waals surface area (Å²) in [5.74, 6) is 0.671. The van der Waals surface area contributed by atoms with Gasteiger partial charge in [-0.2, -0.15) is 0 Å². The molecular weight excluding hydrogens is 340 g/mol. The molecule has 7 nitrogen and oxygen atoms in total. The lowest BCUT2D eigenvalue weighted by atomic mass is 9.57. The Labute approximate surface area is 157 Å². The van der Waals surface area contributed by atoms with E-state index in [0.29, 0.717) is 11.2 Å². The van der Waals surface area contributed by atoms with E-state index in [0.717, 1.165) is 48.1 Å². The molecular formula is C20H22N6O. The summed E-state index contributed by atoms with van der Waals surface area (Å²) in [6, 6.07) is 7.90. The fourth-order valence-corrected chi connectivity index (χ4v) is 4.66. The molecule has 2 aliphatic rings. The molecule has 1 saturated heterocycles. The molecule has 1 N–H and O–H groups in total.